The Morgan fingerprint density at radius 2 is 0.812 bits per heavy atom. The van der Waals surface area contributed by atoms with E-state index < -0.39 is 0 Å². The molecule has 2 heterocycles. The van der Waals surface area contributed by atoms with Crippen LogP contribution in [0.4, 0.5) is 0 Å². The molecular formula is C14H14S2. The molecule has 2 aliphatic rings. The van der Waals surface area contributed by atoms with Gasteiger partial charge in [0.1, 0.15) is 0 Å². The molecule has 0 unspecified atom stereocenters. The van der Waals surface area contributed by atoms with Crippen LogP contribution in [0.1, 0.15) is 0 Å². The molecule has 0 spiro atoms. The van der Waals surface area contributed by atoms with Crippen LogP contribution in [0, 0.1) is 0 Å². The second kappa shape index (κ2) is 4.40. The largest absolute Gasteiger partial charge is 0.186 e. The summed E-state index contributed by atoms with van der Waals surface area (Å²) >= 11 is 0. The van der Waals surface area contributed by atoms with Crippen molar-refractivity contribution in [2.45, 2.75) is 9.79 Å². The molecule has 16 heavy (non-hydrogen) atoms. The quantitative estimate of drug-likeness (QED) is 0.706. The summed E-state index contributed by atoms with van der Waals surface area (Å²) in [5.74, 6) is 0. The minimum Gasteiger partial charge on any atom is -0.186 e. The summed E-state index contributed by atoms with van der Waals surface area (Å²) in [7, 11) is -0.309. The van der Waals surface area contributed by atoms with Crippen molar-refractivity contribution in [3.8, 4) is 0 Å². The van der Waals surface area contributed by atoms with Crippen LogP contribution in [0.3, 0.4) is 0 Å². The fourth-order valence-electron chi connectivity index (χ4n) is 1.81. The molecule has 0 atom stereocenters. The van der Waals surface area contributed by atoms with Gasteiger partial charge in [0.25, 0.3) is 0 Å². The summed E-state index contributed by atoms with van der Waals surface area (Å²) in [6, 6.07) is 9.12. The molecule has 1 aromatic rings. The summed E-state index contributed by atoms with van der Waals surface area (Å²) < 4.78 is 0. The van der Waals surface area contributed by atoms with Crippen LogP contribution in [0.25, 0.3) is 0 Å². The van der Waals surface area contributed by atoms with Crippen molar-refractivity contribution in [3.63, 3.8) is 0 Å². The van der Waals surface area contributed by atoms with Crippen molar-refractivity contribution in [2.24, 2.45) is 0 Å². The number of hydrogen-bond donors (Lipinski definition) is 2. The van der Waals surface area contributed by atoms with Crippen molar-refractivity contribution < 1.29 is 0 Å². The first-order chi connectivity index (χ1) is 7.93. The fourth-order valence-corrected chi connectivity index (χ4v) is 4.82. The molecule has 0 N–H and O–H groups in total. The van der Waals surface area contributed by atoms with E-state index in [2.05, 4.69) is 70.2 Å². The van der Waals surface area contributed by atoms with Gasteiger partial charge in [0, 0.05) is 0 Å². The molecule has 82 valence electrons. The predicted octanol–water partition coefficient (Wildman–Crippen LogP) is 4.49. The second-order valence-corrected chi connectivity index (χ2v) is 7.55. The van der Waals surface area contributed by atoms with Crippen molar-refractivity contribution >= 4 is 21.8 Å². The number of benzene rings is 1. The molecule has 0 nitrogen and oxygen atoms in total. The van der Waals surface area contributed by atoms with E-state index in [1.165, 1.54) is 9.79 Å². The maximum atomic E-state index is 2.30. The minimum absolute atomic E-state index is 0.155. The molecule has 0 amide bonds. The lowest BCUT2D eigenvalue weighted by Gasteiger charge is -2.14. The Balaban J connectivity index is 1.84. The van der Waals surface area contributed by atoms with Crippen LogP contribution >= 0.6 is 21.8 Å². The minimum atomic E-state index is -0.155. The zero-order valence-corrected chi connectivity index (χ0v) is 10.6. The molecule has 2 heteroatoms. The van der Waals surface area contributed by atoms with Gasteiger partial charge in [0.2, 0.25) is 0 Å². The van der Waals surface area contributed by atoms with Gasteiger partial charge in [0.15, 0.2) is 0 Å². The first-order valence-electron chi connectivity index (χ1n) is 5.30. The summed E-state index contributed by atoms with van der Waals surface area (Å²) in [5, 5.41) is 9.19. The van der Waals surface area contributed by atoms with Crippen molar-refractivity contribution in [1.29, 1.82) is 0 Å². The highest BCUT2D eigenvalue weighted by Gasteiger charge is 2.05. The van der Waals surface area contributed by atoms with Gasteiger partial charge in [-0.2, -0.15) is 21.8 Å². The lowest BCUT2D eigenvalue weighted by Crippen LogP contribution is -1.78. The van der Waals surface area contributed by atoms with Crippen molar-refractivity contribution in [3.05, 3.63) is 70.2 Å². The van der Waals surface area contributed by atoms with Crippen LogP contribution in [0.2, 0.25) is 0 Å². The van der Waals surface area contributed by atoms with E-state index >= 15 is 0 Å². The van der Waals surface area contributed by atoms with E-state index in [0.29, 0.717) is 0 Å². The van der Waals surface area contributed by atoms with Crippen LogP contribution in [0.15, 0.2) is 80.0 Å². The van der Waals surface area contributed by atoms with Crippen molar-refractivity contribution in [1.82, 2.24) is 0 Å². The highest BCUT2D eigenvalue weighted by Crippen LogP contribution is 2.45. The summed E-state index contributed by atoms with van der Waals surface area (Å²) in [4.78, 5) is 2.90. The van der Waals surface area contributed by atoms with Crippen molar-refractivity contribution in [2.75, 3.05) is 0 Å². The second-order valence-electron chi connectivity index (χ2n) is 3.70. The normalized spacial score (nSPS) is 21.2. The summed E-state index contributed by atoms with van der Waals surface area (Å²) in [5.41, 5.74) is 0. The molecule has 1 aromatic carbocycles. The molecule has 0 saturated carbocycles. The zero-order valence-electron chi connectivity index (χ0n) is 8.82. The number of hydrogen-bond acceptors (Lipinski definition) is 0. The van der Waals surface area contributed by atoms with E-state index in [-0.39, 0.29) is 21.8 Å². The third kappa shape index (κ3) is 1.91. The van der Waals surface area contributed by atoms with E-state index in [1.807, 2.05) is 0 Å². The van der Waals surface area contributed by atoms with E-state index in [1.54, 1.807) is 0 Å². The van der Waals surface area contributed by atoms with Gasteiger partial charge in [-0.3, -0.25) is 0 Å². The van der Waals surface area contributed by atoms with Gasteiger partial charge >= 0.3 is 0 Å². The lowest BCUT2D eigenvalue weighted by molar-refractivity contribution is 1.35. The predicted molar refractivity (Wildman–Crippen MR) is 77.5 cm³/mol. The highest BCUT2D eigenvalue weighted by atomic mass is 32.2. The zero-order chi connectivity index (χ0) is 10.8. The number of rotatable bonds is 2. The van der Waals surface area contributed by atoms with E-state index in [9.17, 15) is 0 Å². The molecular weight excluding hydrogens is 232 g/mol. The SMILES string of the molecule is C1=C[SH](c2ccc([SH]3C=CC=C3)cc2)C=C1. The smallest absolute Gasteiger partial charge is 0.00544 e. The van der Waals surface area contributed by atoms with Gasteiger partial charge in [-0.15, -0.1) is 0 Å². The van der Waals surface area contributed by atoms with Gasteiger partial charge in [-0.05, 0) is 55.7 Å². The Kier molecular flexibility index (Phi) is 2.77. The average Bonchev–Trinajstić information content (AvgIpc) is 3.03. The Labute approximate surface area is 102 Å². The number of allylic oxidation sites excluding steroid dienone is 4. The topological polar surface area (TPSA) is 0 Å². The molecule has 0 aliphatic carbocycles. The molecule has 0 radical (unpaired) electrons. The molecule has 0 fully saturated rings. The first kappa shape index (κ1) is 10.1. The van der Waals surface area contributed by atoms with Gasteiger partial charge in [-0.25, -0.2) is 0 Å². The Morgan fingerprint density at radius 1 is 0.500 bits per heavy atom. The van der Waals surface area contributed by atoms with Gasteiger partial charge < -0.3 is 0 Å². The van der Waals surface area contributed by atoms with Crippen LogP contribution in [-0.2, 0) is 0 Å². The van der Waals surface area contributed by atoms with Gasteiger partial charge in [-0.1, -0.05) is 24.3 Å². The molecule has 0 bridgehead atoms. The fraction of sp³-hybridized carbons (Fsp3) is 0. The Bertz CT molecular complexity index is 421. The molecule has 0 saturated heterocycles. The Morgan fingerprint density at radius 3 is 1.12 bits per heavy atom. The lowest BCUT2D eigenvalue weighted by atomic mass is 10.4. The van der Waals surface area contributed by atoms with E-state index in [0.717, 1.165) is 0 Å². The monoisotopic (exact) mass is 246 g/mol. The molecule has 2 aliphatic heterocycles. The van der Waals surface area contributed by atoms with Gasteiger partial charge in [0.05, 0.1) is 0 Å². The number of thiol groups is 2. The Hall–Kier alpha value is -1.12. The maximum Gasteiger partial charge on any atom is -0.00544 e. The van der Waals surface area contributed by atoms with Crippen LogP contribution < -0.4 is 0 Å². The summed E-state index contributed by atoms with van der Waals surface area (Å²) in [6.45, 7) is 0. The highest BCUT2D eigenvalue weighted by molar-refractivity contribution is 8.22. The maximum absolute atomic E-state index is 2.30. The molecule has 3 rings (SSSR count). The third-order valence-electron chi connectivity index (χ3n) is 2.65. The average molecular weight is 246 g/mol. The first-order valence-corrected chi connectivity index (χ1v) is 8.26. The summed E-state index contributed by atoms with van der Waals surface area (Å²) in [6.07, 6.45) is 8.58. The molecule has 0 aromatic heterocycles. The third-order valence-corrected chi connectivity index (χ3v) is 6.42. The van der Waals surface area contributed by atoms with E-state index in [4.69, 9.17) is 0 Å². The standard InChI is InChI=1S/C14H14S2/c1-2-10-15(9-1)13-5-7-14(8-6-13)16-11-3-4-12-16/h1-12,15-16H. The van der Waals surface area contributed by atoms with Crippen LogP contribution in [-0.4, -0.2) is 0 Å². The van der Waals surface area contributed by atoms with Crippen LogP contribution in [0.5, 0.6) is 0 Å².